The highest BCUT2D eigenvalue weighted by molar-refractivity contribution is 9.11. The van der Waals surface area contributed by atoms with E-state index in [2.05, 4.69) is 53.1 Å². The monoisotopic (exact) mass is 460 g/mol. The van der Waals surface area contributed by atoms with Crippen LogP contribution < -0.4 is 11.1 Å². The van der Waals surface area contributed by atoms with Gasteiger partial charge in [0.25, 0.3) is 0 Å². The Morgan fingerprint density at radius 1 is 1.05 bits per heavy atom. The van der Waals surface area contributed by atoms with Crippen molar-refractivity contribution in [3.63, 3.8) is 0 Å². The Kier molecular flexibility index (Phi) is 5.37. The van der Waals surface area contributed by atoms with Crippen molar-refractivity contribution in [2.24, 2.45) is 5.73 Å². The number of carbonyl (C=O) groups is 1. The molecule has 0 heterocycles. The molecule has 0 aromatic heterocycles. The Hall–Kier alpha value is -0.690. The van der Waals surface area contributed by atoms with Gasteiger partial charge in [0, 0.05) is 13.4 Å². The second-order valence-corrected chi connectivity index (χ2v) is 6.75. The van der Waals surface area contributed by atoms with Crippen molar-refractivity contribution >= 4 is 59.4 Å². The van der Waals surface area contributed by atoms with Crippen molar-refractivity contribution < 1.29 is 4.79 Å². The number of nitrogens with two attached hydrogens (primary N) is 1. The normalized spacial score (nSPS) is 12.0. The molecule has 0 aliphatic heterocycles. The van der Waals surface area contributed by atoms with E-state index in [4.69, 9.17) is 5.73 Å². The fourth-order valence-electron chi connectivity index (χ4n) is 1.67. The van der Waals surface area contributed by atoms with Gasteiger partial charge in [0.05, 0.1) is 5.69 Å². The molecule has 0 saturated heterocycles. The molecule has 1 atom stereocenters. The van der Waals surface area contributed by atoms with Gasteiger partial charge < -0.3 is 11.1 Å². The third kappa shape index (κ3) is 3.69. The summed E-state index contributed by atoms with van der Waals surface area (Å²) in [5, 5.41) is 2.83. The summed E-state index contributed by atoms with van der Waals surface area (Å²) in [6.07, 6.45) is 0. The van der Waals surface area contributed by atoms with Crippen molar-refractivity contribution in [1.29, 1.82) is 0 Å². The number of rotatable bonds is 3. The average Bonchev–Trinajstić information content (AvgIpc) is 2.42. The Morgan fingerprint density at radius 2 is 1.60 bits per heavy atom. The standard InChI is InChI=1S/C14H11Br3N2O/c15-9-6-10(16)13(11(17)7-9)19-14(20)12(18)8-4-2-1-3-5-8/h1-7,12H,18H2,(H,19,20). The van der Waals surface area contributed by atoms with E-state index in [1.165, 1.54) is 0 Å². The minimum atomic E-state index is -0.710. The Morgan fingerprint density at radius 3 is 2.15 bits per heavy atom. The minimum absolute atomic E-state index is 0.264. The highest BCUT2D eigenvalue weighted by Gasteiger charge is 2.18. The van der Waals surface area contributed by atoms with Crippen LogP contribution in [0.3, 0.4) is 0 Å². The molecule has 0 aliphatic carbocycles. The van der Waals surface area contributed by atoms with Gasteiger partial charge in [0.2, 0.25) is 5.91 Å². The van der Waals surface area contributed by atoms with E-state index in [0.29, 0.717) is 5.69 Å². The summed E-state index contributed by atoms with van der Waals surface area (Å²) in [5.74, 6) is -0.264. The summed E-state index contributed by atoms with van der Waals surface area (Å²) >= 11 is 10.2. The SMILES string of the molecule is NC(C(=O)Nc1c(Br)cc(Br)cc1Br)c1ccccc1. The number of amides is 1. The van der Waals surface area contributed by atoms with Crippen molar-refractivity contribution in [3.05, 3.63) is 61.4 Å². The van der Waals surface area contributed by atoms with Gasteiger partial charge in [0.1, 0.15) is 6.04 Å². The van der Waals surface area contributed by atoms with Crippen molar-refractivity contribution in [1.82, 2.24) is 0 Å². The molecule has 0 radical (unpaired) electrons. The molecule has 2 rings (SSSR count). The molecule has 3 N–H and O–H groups in total. The van der Waals surface area contributed by atoms with E-state index in [-0.39, 0.29) is 5.91 Å². The number of nitrogens with one attached hydrogen (secondary N) is 1. The molecule has 1 unspecified atom stereocenters. The molecule has 3 nitrogen and oxygen atoms in total. The van der Waals surface area contributed by atoms with Gasteiger partial charge in [-0.1, -0.05) is 46.3 Å². The maximum atomic E-state index is 12.2. The van der Waals surface area contributed by atoms with Crippen LogP contribution in [0.5, 0.6) is 0 Å². The van der Waals surface area contributed by atoms with Crippen LogP contribution in [-0.2, 0) is 4.79 Å². The molecule has 20 heavy (non-hydrogen) atoms. The van der Waals surface area contributed by atoms with Gasteiger partial charge in [-0.2, -0.15) is 0 Å². The van der Waals surface area contributed by atoms with Crippen LogP contribution in [0.15, 0.2) is 55.9 Å². The van der Waals surface area contributed by atoms with E-state index in [9.17, 15) is 4.79 Å². The maximum Gasteiger partial charge on any atom is 0.245 e. The molecule has 0 aliphatic rings. The van der Waals surface area contributed by atoms with E-state index < -0.39 is 6.04 Å². The lowest BCUT2D eigenvalue weighted by atomic mass is 10.1. The highest BCUT2D eigenvalue weighted by Crippen LogP contribution is 2.34. The predicted molar refractivity (Wildman–Crippen MR) is 91.5 cm³/mol. The maximum absolute atomic E-state index is 12.2. The largest absolute Gasteiger partial charge is 0.322 e. The third-order valence-corrected chi connectivity index (χ3v) is 4.40. The zero-order valence-electron chi connectivity index (χ0n) is 10.2. The molecular weight excluding hydrogens is 452 g/mol. The van der Waals surface area contributed by atoms with Gasteiger partial charge in [-0.05, 0) is 49.6 Å². The first-order valence-electron chi connectivity index (χ1n) is 5.75. The predicted octanol–water partition coefficient (Wildman–Crippen LogP) is 4.61. The molecular formula is C14H11Br3N2O. The first kappa shape index (κ1) is 15.7. The van der Waals surface area contributed by atoms with Crippen LogP contribution in [0.2, 0.25) is 0 Å². The lowest BCUT2D eigenvalue weighted by Crippen LogP contribution is -2.28. The van der Waals surface area contributed by atoms with Crippen molar-refractivity contribution in [2.45, 2.75) is 6.04 Å². The topological polar surface area (TPSA) is 55.1 Å². The molecule has 0 saturated carbocycles. The van der Waals surface area contributed by atoms with Crippen molar-refractivity contribution in [3.8, 4) is 0 Å². The lowest BCUT2D eigenvalue weighted by molar-refractivity contribution is -0.117. The van der Waals surface area contributed by atoms with Crippen LogP contribution in [0, 0.1) is 0 Å². The first-order valence-corrected chi connectivity index (χ1v) is 8.13. The van der Waals surface area contributed by atoms with E-state index in [1.54, 1.807) is 0 Å². The smallest absolute Gasteiger partial charge is 0.245 e. The highest BCUT2D eigenvalue weighted by atomic mass is 79.9. The minimum Gasteiger partial charge on any atom is -0.322 e. The molecule has 104 valence electrons. The molecule has 0 spiro atoms. The molecule has 0 bridgehead atoms. The first-order chi connectivity index (χ1) is 9.49. The van der Waals surface area contributed by atoms with Gasteiger partial charge in [-0.25, -0.2) is 0 Å². The summed E-state index contributed by atoms with van der Waals surface area (Å²) in [6.45, 7) is 0. The number of hydrogen-bond acceptors (Lipinski definition) is 2. The fourth-order valence-corrected chi connectivity index (χ4v) is 4.13. The lowest BCUT2D eigenvalue weighted by Gasteiger charge is -2.15. The van der Waals surface area contributed by atoms with E-state index >= 15 is 0 Å². The Labute approximate surface area is 142 Å². The zero-order valence-corrected chi connectivity index (χ0v) is 15.0. The molecule has 6 heteroatoms. The number of hydrogen-bond donors (Lipinski definition) is 2. The second-order valence-electron chi connectivity index (χ2n) is 4.12. The van der Waals surface area contributed by atoms with Crippen LogP contribution in [0.1, 0.15) is 11.6 Å². The van der Waals surface area contributed by atoms with Gasteiger partial charge in [-0.3, -0.25) is 4.79 Å². The van der Waals surface area contributed by atoms with Crippen LogP contribution in [0.4, 0.5) is 5.69 Å². The molecule has 0 fully saturated rings. The van der Waals surface area contributed by atoms with Gasteiger partial charge in [-0.15, -0.1) is 0 Å². The Balaban J connectivity index is 2.20. The summed E-state index contributed by atoms with van der Waals surface area (Å²) in [7, 11) is 0. The summed E-state index contributed by atoms with van der Waals surface area (Å²) in [6, 6.07) is 12.3. The number of anilines is 1. The summed E-state index contributed by atoms with van der Waals surface area (Å²) in [4.78, 5) is 12.2. The van der Waals surface area contributed by atoms with Gasteiger partial charge in [0.15, 0.2) is 0 Å². The average molecular weight is 463 g/mol. The van der Waals surface area contributed by atoms with E-state index in [0.717, 1.165) is 19.0 Å². The Bertz CT molecular complexity index is 609. The van der Waals surface area contributed by atoms with Crippen molar-refractivity contribution in [2.75, 3.05) is 5.32 Å². The number of halogens is 3. The molecule has 2 aromatic rings. The van der Waals surface area contributed by atoms with Crippen LogP contribution in [-0.4, -0.2) is 5.91 Å². The molecule has 1 amide bonds. The number of benzene rings is 2. The quantitative estimate of drug-likeness (QED) is 0.699. The fraction of sp³-hybridized carbons (Fsp3) is 0.0714. The third-order valence-electron chi connectivity index (χ3n) is 2.70. The van der Waals surface area contributed by atoms with Crippen LogP contribution >= 0.6 is 47.8 Å². The van der Waals surface area contributed by atoms with E-state index in [1.807, 2.05) is 42.5 Å². The zero-order chi connectivity index (χ0) is 14.7. The summed E-state index contributed by atoms with van der Waals surface area (Å²) < 4.78 is 2.45. The van der Waals surface area contributed by atoms with Crippen LogP contribution in [0.25, 0.3) is 0 Å². The summed E-state index contributed by atoms with van der Waals surface area (Å²) in [5.41, 5.74) is 7.39. The molecule has 2 aromatic carbocycles. The second kappa shape index (κ2) is 6.85. The van der Waals surface area contributed by atoms with Gasteiger partial charge >= 0.3 is 0 Å². The number of carbonyl (C=O) groups excluding carboxylic acids is 1.